The number of rotatable bonds is 6. The predicted molar refractivity (Wildman–Crippen MR) is 105 cm³/mol. The lowest BCUT2D eigenvalue weighted by molar-refractivity contribution is -0.109. The van der Waals surface area contributed by atoms with Crippen LogP contribution in [0.25, 0.3) is 11.1 Å². The molecule has 128 valence electrons. The minimum atomic E-state index is 0.177. The van der Waals surface area contributed by atoms with E-state index in [4.69, 9.17) is 4.74 Å². The number of hydrogen-bond acceptors (Lipinski definition) is 1. The average molecular weight is 330 g/mol. The lowest BCUT2D eigenvalue weighted by Crippen LogP contribution is -2.42. The van der Waals surface area contributed by atoms with Crippen LogP contribution in [0, 0.1) is 24.2 Å². The zero-order valence-electron chi connectivity index (χ0n) is 15.3. The Morgan fingerprint density at radius 2 is 1.92 bits per heavy atom. The molecule has 0 spiro atoms. The van der Waals surface area contributed by atoms with Crippen LogP contribution in [0.2, 0.25) is 0 Å². The molecule has 1 heteroatoms. The van der Waals surface area contributed by atoms with E-state index in [1.807, 2.05) is 6.92 Å². The van der Waals surface area contributed by atoms with Crippen LogP contribution in [0.3, 0.4) is 0 Å². The fourth-order valence-electron chi connectivity index (χ4n) is 3.56. The molecular formula is C24H26O. The van der Waals surface area contributed by atoms with Gasteiger partial charge in [0.2, 0.25) is 0 Å². The molecule has 0 atom stereocenters. The summed E-state index contributed by atoms with van der Waals surface area (Å²) in [5, 5.41) is 0. The summed E-state index contributed by atoms with van der Waals surface area (Å²) in [6, 6.07) is 17.3. The molecule has 0 amide bonds. The molecule has 0 radical (unpaired) electrons. The number of hydrogen-bond donors (Lipinski definition) is 0. The van der Waals surface area contributed by atoms with Crippen LogP contribution >= 0.6 is 0 Å². The van der Waals surface area contributed by atoms with E-state index in [0.29, 0.717) is 0 Å². The molecule has 1 aliphatic heterocycles. The molecule has 0 bridgehead atoms. The van der Waals surface area contributed by atoms with E-state index in [9.17, 15) is 0 Å². The molecule has 1 heterocycles. The van der Waals surface area contributed by atoms with Gasteiger partial charge in [-0.1, -0.05) is 66.2 Å². The predicted octanol–water partition coefficient (Wildman–Crippen LogP) is 5.58. The number of aryl methyl sites for hydroxylation is 1. The molecule has 0 aromatic heterocycles. The van der Waals surface area contributed by atoms with Crippen LogP contribution in [-0.4, -0.2) is 13.2 Å². The van der Waals surface area contributed by atoms with E-state index in [2.05, 4.69) is 73.9 Å². The second-order valence-corrected chi connectivity index (χ2v) is 7.23. The maximum Gasteiger partial charge on any atom is 0.0557 e. The van der Waals surface area contributed by atoms with Crippen molar-refractivity contribution in [3.8, 4) is 23.0 Å². The molecule has 1 saturated heterocycles. The van der Waals surface area contributed by atoms with E-state index in [1.54, 1.807) is 0 Å². The van der Waals surface area contributed by atoms with Crippen molar-refractivity contribution in [2.24, 2.45) is 5.41 Å². The minimum Gasteiger partial charge on any atom is -0.380 e. The fourth-order valence-corrected chi connectivity index (χ4v) is 3.56. The van der Waals surface area contributed by atoms with Gasteiger partial charge in [-0.3, -0.25) is 0 Å². The number of benzene rings is 2. The van der Waals surface area contributed by atoms with Gasteiger partial charge in [-0.15, -0.1) is 11.8 Å². The molecule has 2 aromatic carbocycles. The Hall–Kier alpha value is -2.30. The SMILES string of the molecule is C=C(Cc1cc(C)ccc1-c1ccccc1)CC1(CC#CC)COC1. The maximum absolute atomic E-state index is 5.49. The minimum absolute atomic E-state index is 0.177. The van der Waals surface area contributed by atoms with Gasteiger partial charge in [0, 0.05) is 11.8 Å². The smallest absolute Gasteiger partial charge is 0.0557 e. The lowest BCUT2D eigenvalue weighted by atomic mass is 9.76. The lowest BCUT2D eigenvalue weighted by Gasteiger charge is -2.41. The van der Waals surface area contributed by atoms with E-state index >= 15 is 0 Å². The Kier molecular flexibility index (Phi) is 5.41. The highest BCUT2D eigenvalue weighted by Crippen LogP contribution is 2.38. The van der Waals surface area contributed by atoms with Crippen LogP contribution in [0.4, 0.5) is 0 Å². The molecule has 0 saturated carbocycles. The molecule has 3 rings (SSSR count). The Morgan fingerprint density at radius 1 is 1.16 bits per heavy atom. The Morgan fingerprint density at radius 3 is 2.56 bits per heavy atom. The van der Waals surface area contributed by atoms with Crippen molar-refractivity contribution in [2.45, 2.75) is 33.1 Å². The second kappa shape index (κ2) is 7.72. The van der Waals surface area contributed by atoms with Crippen LogP contribution in [0.1, 0.15) is 30.9 Å². The fraction of sp³-hybridized carbons (Fsp3) is 0.333. The summed E-state index contributed by atoms with van der Waals surface area (Å²) in [6.45, 7) is 10.1. The molecule has 25 heavy (non-hydrogen) atoms. The normalized spacial score (nSPS) is 15.0. The Bertz CT molecular complexity index is 801. The molecule has 0 aliphatic carbocycles. The zero-order valence-corrected chi connectivity index (χ0v) is 15.3. The maximum atomic E-state index is 5.49. The van der Waals surface area contributed by atoms with Crippen molar-refractivity contribution >= 4 is 0 Å². The standard InChI is InChI=1S/C24H26O/c1-4-5-13-24(17-25-18-24)16-20(3)15-22-14-19(2)11-12-23(22)21-9-7-6-8-10-21/h6-12,14H,3,13,15-18H2,1-2H3. The molecule has 1 nitrogen and oxygen atoms in total. The van der Waals surface area contributed by atoms with E-state index in [-0.39, 0.29) is 5.41 Å². The summed E-state index contributed by atoms with van der Waals surface area (Å²) in [5.41, 5.74) is 6.67. The molecule has 1 aliphatic rings. The molecule has 0 unspecified atom stereocenters. The molecule has 2 aromatic rings. The van der Waals surface area contributed by atoms with Gasteiger partial charge in [0.05, 0.1) is 13.2 Å². The highest BCUT2D eigenvalue weighted by molar-refractivity contribution is 5.68. The zero-order chi connectivity index (χ0) is 17.7. The van der Waals surface area contributed by atoms with Crippen molar-refractivity contribution in [3.05, 3.63) is 71.8 Å². The molecular weight excluding hydrogens is 304 g/mol. The summed E-state index contributed by atoms with van der Waals surface area (Å²) in [5.74, 6) is 6.25. The third-order valence-corrected chi connectivity index (χ3v) is 4.87. The Labute approximate surface area is 151 Å². The van der Waals surface area contributed by atoms with E-state index < -0.39 is 0 Å². The number of allylic oxidation sites excluding steroid dienone is 1. The van der Waals surface area contributed by atoms with Crippen LogP contribution in [0.15, 0.2) is 60.7 Å². The van der Waals surface area contributed by atoms with Gasteiger partial charge in [0.25, 0.3) is 0 Å². The third kappa shape index (κ3) is 4.21. The third-order valence-electron chi connectivity index (χ3n) is 4.87. The van der Waals surface area contributed by atoms with Crippen LogP contribution in [-0.2, 0) is 11.2 Å². The quantitative estimate of drug-likeness (QED) is 0.496. The summed E-state index contributed by atoms with van der Waals surface area (Å²) >= 11 is 0. The van der Waals surface area contributed by atoms with Gasteiger partial charge in [0.1, 0.15) is 0 Å². The first-order chi connectivity index (χ1) is 12.1. The van der Waals surface area contributed by atoms with Gasteiger partial charge in [-0.25, -0.2) is 0 Å². The summed E-state index contributed by atoms with van der Waals surface area (Å²) < 4.78 is 5.49. The summed E-state index contributed by atoms with van der Waals surface area (Å²) in [7, 11) is 0. The largest absolute Gasteiger partial charge is 0.380 e. The highest BCUT2D eigenvalue weighted by atomic mass is 16.5. The summed E-state index contributed by atoms with van der Waals surface area (Å²) in [6.07, 6.45) is 2.80. The average Bonchev–Trinajstić information content (AvgIpc) is 2.58. The van der Waals surface area contributed by atoms with Crippen LogP contribution < -0.4 is 0 Å². The topological polar surface area (TPSA) is 9.23 Å². The monoisotopic (exact) mass is 330 g/mol. The van der Waals surface area contributed by atoms with Crippen LogP contribution in [0.5, 0.6) is 0 Å². The van der Waals surface area contributed by atoms with Gasteiger partial charge in [-0.2, -0.15) is 0 Å². The summed E-state index contributed by atoms with van der Waals surface area (Å²) in [4.78, 5) is 0. The van der Waals surface area contributed by atoms with Crippen molar-refractivity contribution in [1.29, 1.82) is 0 Å². The first kappa shape index (κ1) is 17.5. The van der Waals surface area contributed by atoms with Gasteiger partial charge in [-0.05, 0) is 43.4 Å². The van der Waals surface area contributed by atoms with Crippen molar-refractivity contribution in [1.82, 2.24) is 0 Å². The van der Waals surface area contributed by atoms with E-state index in [0.717, 1.165) is 32.5 Å². The molecule has 1 fully saturated rings. The van der Waals surface area contributed by atoms with Crippen molar-refractivity contribution < 1.29 is 4.74 Å². The first-order valence-corrected chi connectivity index (χ1v) is 8.91. The highest BCUT2D eigenvalue weighted by Gasteiger charge is 2.38. The van der Waals surface area contributed by atoms with Crippen molar-refractivity contribution in [2.75, 3.05) is 13.2 Å². The first-order valence-electron chi connectivity index (χ1n) is 8.91. The van der Waals surface area contributed by atoms with Gasteiger partial charge < -0.3 is 4.74 Å². The second-order valence-electron chi connectivity index (χ2n) is 7.23. The van der Waals surface area contributed by atoms with Gasteiger partial charge in [0.15, 0.2) is 0 Å². The molecule has 0 N–H and O–H groups in total. The van der Waals surface area contributed by atoms with Gasteiger partial charge >= 0.3 is 0 Å². The Balaban J connectivity index is 1.79. The van der Waals surface area contributed by atoms with Crippen molar-refractivity contribution in [3.63, 3.8) is 0 Å². The number of ether oxygens (including phenoxy) is 1. The van der Waals surface area contributed by atoms with E-state index in [1.165, 1.54) is 27.8 Å².